The van der Waals surface area contributed by atoms with Crippen molar-refractivity contribution in [3.05, 3.63) is 51.8 Å². The maximum Gasteiger partial charge on any atom is 0.340 e. The van der Waals surface area contributed by atoms with Gasteiger partial charge in [0.15, 0.2) is 11.6 Å². The van der Waals surface area contributed by atoms with E-state index in [2.05, 4.69) is 20.2 Å². The molecule has 0 aliphatic rings. The second kappa shape index (κ2) is 8.62. The first kappa shape index (κ1) is 20.2. The summed E-state index contributed by atoms with van der Waals surface area (Å²) < 4.78 is 5.06. The minimum Gasteiger partial charge on any atom is -0.462 e. The number of thioether (sulfide) groups is 1. The first-order valence-corrected chi connectivity index (χ1v) is 9.97. The van der Waals surface area contributed by atoms with Crippen molar-refractivity contribution < 1.29 is 14.3 Å². The van der Waals surface area contributed by atoms with Gasteiger partial charge in [0.05, 0.1) is 23.6 Å². The molecule has 0 aliphatic heterocycles. The Morgan fingerprint density at radius 2 is 1.93 bits per heavy atom. The number of aromatic amines is 2. The topological polar surface area (TPSA) is 101 Å². The minimum absolute atomic E-state index is 0.140. The normalized spacial score (nSPS) is 10.9. The maximum absolute atomic E-state index is 12.6. The van der Waals surface area contributed by atoms with Crippen LogP contribution in [0.15, 0.2) is 29.4 Å². The number of nitrogens with zero attached hydrogens (tertiary/aromatic N) is 2. The number of aryl methyl sites for hydroxylation is 1. The number of ketones is 1. The molecule has 146 valence electrons. The Morgan fingerprint density at radius 1 is 1.21 bits per heavy atom. The van der Waals surface area contributed by atoms with Gasteiger partial charge in [-0.2, -0.15) is 0 Å². The van der Waals surface area contributed by atoms with Crippen LogP contribution in [0.2, 0.25) is 5.02 Å². The molecule has 0 saturated heterocycles. The van der Waals surface area contributed by atoms with Gasteiger partial charge in [-0.1, -0.05) is 23.4 Å². The molecule has 2 aromatic heterocycles. The average molecular weight is 419 g/mol. The number of carbonyl (C=O) groups is 2. The number of carbonyl (C=O) groups excluding carboxylic acids is 2. The molecule has 2 heterocycles. The number of nitrogens with one attached hydrogen (secondary N) is 2. The Morgan fingerprint density at radius 3 is 2.61 bits per heavy atom. The van der Waals surface area contributed by atoms with E-state index in [4.69, 9.17) is 16.3 Å². The fourth-order valence-electron chi connectivity index (χ4n) is 2.79. The summed E-state index contributed by atoms with van der Waals surface area (Å²) in [6, 6.07) is 7.22. The fraction of sp³-hybridized carbons (Fsp3) is 0.263. The van der Waals surface area contributed by atoms with E-state index in [9.17, 15) is 9.59 Å². The Hall–Kier alpha value is -2.58. The number of aromatic nitrogens is 4. The SMILES string of the molecule is CCOC(=O)c1c(C)[nH]c(C(=O)CSc2n[nH]c(-c3ccc(Cl)cc3)n2)c1C. The third kappa shape index (κ3) is 4.28. The highest BCUT2D eigenvalue weighted by atomic mass is 35.5. The number of rotatable bonds is 7. The molecule has 28 heavy (non-hydrogen) atoms. The zero-order valence-corrected chi connectivity index (χ0v) is 17.2. The largest absolute Gasteiger partial charge is 0.462 e. The van der Waals surface area contributed by atoms with Crippen LogP contribution in [0.4, 0.5) is 0 Å². The Labute approximate surface area is 171 Å². The van der Waals surface area contributed by atoms with E-state index in [1.807, 2.05) is 12.1 Å². The van der Waals surface area contributed by atoms with Gasteiger partial charge < -0.3 is 9.72 Å². The molecule has 0 radical (unpaired) electrons. The molecule has 0 spiro atoms. The van der Waals surface area contributed by atoms with Crippen LogP contribution in [-0.2, 0) is 4.74 Å². The number of H-pyrrole nitrogens is 2. The van der Waals surface area contributed by atoms with Gasteiger partial charge in [0.2, 0.25) is 5.16 Å². The summed E-state index contributed by atoms with van der Waals surface area (Å²) in [4.78, 5) is 32.1. The number of esters is 1. The highest BCUT2D eigenvalue weighted by Crippen LogP contribution is 2.24. The lowest BCUT2D eigenvalue weighted by Gasteiger charge is -2.02. The van der Waals surface area contributed by atoms with Crippen LogP contribution in [0.25, 0.3) is 11.4 Å². The predicted octanol–water partition coefficient (Wildman–Crippen LogP) is 4.22. The van der Waals surface area contributed by atoms with Crippen molar-refractivity contribution in [2.24, 2.45) is 0 Å². The van der Waals surface area contributed by atoms with Gasteiger partial charge >= 0.3 is 5.97 Å². The van der Waals surface area contributed by atoms with Crippen molar-refractivity contribution in [3.8, 4) is 11.4 Å². The molecular formula is C19H19ClN4O3S. The van der Waals surface area contributed by atoms with E-state index in [1.54, 1.807) is 32.9 Å². The molecule has 3 rings (SSSR count). The summed E-state index contributed by atoms with van der Waals surface area (Å²) in [7, 11) is 0. The summed E-state index contributed by atoms with van der Waals surface area (Å²) in [6.45, 7) is 5.51. The second-order valence-corrected chi connectivity index (χ2v) is 7.41. The fourth-order valence-corrected chi connectivity index (χ4v) is 3.58. The summed E-state index contributed by atoms with van der Waals surface area (Å²) in [5, 5.41) is 8.09. The second-order valence-electron chi connectivity index (χ2n) is 6.03. The summed E-state index contributed by atoms with van der Waals surface area (Å²) in [5.41, 5.74) is 2.88. The van der Waals surface area contributed by atoms with Gasteiger partial charge in [-0.05, 0) is 50.6 Å². The molecule has 3 aromatic rings. The molecule has 0 unspecified atom stereocenters. The van der Waals surface area contributed by atoms with Crippen LogP contribution in [-0.4, -0.2) is 44.3 Å². The lowest BCUT2D eigenvalue weighted by molar-refractivity contribution is 0.0525. The molecule has 7 nitrogen and oxygen atoms in total. The monoisotopic (exact) mass is 418 g/mol. The summed E-state index contributed by atoms with van der Waals surface area (Å²) in [6.07, 6.45) is 0. The molecule has 9 heteroatoms. The van der Waals surface area contributed by atoms with E-state index < -0.39 is 5.97 Å². The zero-order chi connectivity index (χ0) is 20.3. The molecular weight excluding hydrogens is 400 g/mol. The first-order chi connectivity index (χ1) is 13.4. The van der Waals surface area contributed by atoms with Gasteiger partial charge in [0.25, 0.3) is 0 Å². The molecule has 0 amide bonds. The van der Waals surface area contributed by atoms with Crippen LogP contribution in [0.5, 0.6) is 0 Å². The molecule has 0 atom stereocenters. The quantitative estimate of drug-likeness (QED) is 0.338. The van der Waals surface area contributed by atoms with E-state index in [1.165, 1.54) is 11.8 Å². The van der Waals surface area contributed by atoms with Crippen molar-refractivity contribution in [1.29, 1.82) is 0 Å². The Balaban J connectivity index is 1.69. The van der Waals surface area contributed by atoms with Crippen LogP contribution in [0, 0.1) is 13.8 Å². The van der Waals surface area contributed by atoms with Crippen LogP contribution < -0.4 is 0 Å². The zero-order valence-electron chi connectivity index (χ0n) is 15.6. The highest BCUT2D eigenvalue weighted by molar-refractivity contribution is 7.99. The van der Waals surface area contributed by atoms with E-state index in [-0.39, 0.29) is 18.1 Å². The van der Waals surface area contributed by atoms with Crippen LogP contribution in [0.1, 0.15) is 39.0 Å². The maximum atomic E-state index is 12.6. The van der Waals surface area contributed by atoms with Crippen molar-refractivity contribution in [2.45, 2.75) is 25.9 Å². The third-order valence-corrected chi connectivity index (χ3v) is 5.21. The first-order valence-electron chi connectivity index (χ1n) is 8.61. The summed E-state index contributed by atoms with van der Waals surface area (Å²) >= 11 is 7.11. The number of hydrogen-bond donors (Lipinski definition) is 2. The Kier molecular flexibility index (Phi) is 6.21. The summed E-state index contributed by atoms with van der Waals surface area (Å²) in [5.74, 6) is 0.171. The van der Waals surface area contributed by atoms with Gasteiger partial charge in [-0.15, -0.1) is 5.10 Å². The molecule has 0 aliphatic carbocycles. The van der Waals surface area contributed by atoms with Gasteiger partial charge in [-0.3, -0.25) is 9.89 Å². The molecule has 0 fully saturated rings. The number of hydrogen-bond acceptors (Lipinski definition) is 6. The number of Topliss-reactive ketones (excluding diaryl/α,β-unsaturated/α-hetero) is 1. The van der Waals surface area contributed by atoms with Crippen molar-refractivity contribution in [1.82, 2.24) is 20.2 Å². The smallest absolute Gasteiger partial charge is 0.340 e. The lowest BCUT2D eigenvalue weighted by Crippen LogP contribution is -2.08. The van der Waals surface area contributed by atoms with E-state index in [0.29, 0.717) is 38.5 Å². The molecule has 1 aromatic carbocycles. The lowest BCUT2D eigenvalue weighted by atomic mass is 10.1. The van der Waals surface area contributed by atoms with Crippen LogP contribution >= 0.6 is 23.4 Å². The Bertz CT molecular complexity index is 1010. The standard InChI is InChI=1S/C19H19ClN4O3S/c1-4-27-18(26)15-10(2)16(21-11(15)3)14(25)9-28-19-22-17(23-24-19)12-5-7-13(20)8-6-12/h5-8,21H,4,9H2,1-3H3,(H,22,23,24). The molecule has 2 N–H and O–H groups in total. The number of halogens is 1. The van der Waals surface area contributed by atoms with Gasteiger partial charge in [0, 0.05) is 16.3 Å². The predicted molar refractivity (Wildman–Crippen MR) is 108 cm³/mol. The van der Waals surface area contributed by atoms with Crippen molar-refractivity contribution in [2.75, 3.05) is 12.4 Å². The van der Waals surface area contributed by atoms with Crippen molar-refractivity contribution in [3.63, 3.8) is 0 Å². The molecule has 0 bridgehead atoms. The highest BCUT2D eigenvalue weighted by Gasteiger charge is 2.23. The minimum atomic E-state index is -0.429. The van der Waals surface area contributed by atoms with Gasteiger partial charge in [-0.25, -0.2) is 9.78 Å². The third-order valence-electron chi connectivity index (χ3n) is 4.11. The average Bonchev–Trinajstić information content (AvgIpc) is 3.25. The van der Waals surface area contributed by atoms with Crippen LogP contribution in [0.3, 0.4) is 0 Å². The molecule has 0 saturated carbocycles. The van der Waals surface area contributed by atoms with Gasteiger partial charge in [0.1, 0.15) is 0 Å². The van der Waals surface area contributed by atoms with E-state index in [0.717, 1.165) is 5.56 Å². The van der Waals surface area contributed by atoms with Crippen molar-refractivity contribution >= 4 is 35.1 Å². The number of ether oxygens (including phenoxy) is 1. The number of benzene rings is 1. The van der Waals surface area contributed by atoms with E-state index >= 15 is 0 Å².